The van der Waals surface area contributed by atoms with Crippen LogP contribution in [0.2, 0.25) is 0 Å². The first-order valence-electron chi connectivity index (χ1n) is 8.54. The van der Waals surface area contributed by atoms with Gasteiger partial charge in [0.1, 0.15) is 17.4 Å². The lowest BCUT2D eigenvalue weighted by Crippen LogP contribution is -2.28. The van der Waals surface area contributed by atoms with E-state index in [1.165, 1.54) is 0 Å². The highest BCUT2D eigenvalue weighted by atomic mass is 16.5. The number of Topliss-reactive ketones (excluding diaryl/α,β-unsaturated/α-hetero) is 1. The molecule has 0 atom stereocenters. The van der Waals surface area contributed by atoms with E-state index in [0.717, 1.165) is 23.4 Å². The van der Waals surface area contributed by atoms with Gasteiger partial charge < -0.3 is 19.7 Å². The molecule has 0 aliphatic heterocycles. The van der Waals surface area contributed by atoms with Gasteiger partial charge in [-0.05, 0) is 48.7 Å². The maximum atomic E-state index is 12.0. The molecule has 0 saturated heterocycles. The maximum Gasteiger partial charge on any atom is 0.258 e. The number of hydrogen-bond donors (Lipinski definition) is 1. The van der Waals surface area contributed by atoms with Crippen LogP contribution >= 0.6 is 0 Å². The maximum absolute atomic E-state index is 12.0. The lowest BCUT2D eigenvalue weighted by Gasteiger charge is -2.12. The van der Waals surface area contributed by atoms with Gasteiger partial charge in [-0.25, -0.2) is 4.98 Å². The van der Waals surface area contributed by atoms with Gasteiger partial charge in [-0.3, -0.25) is 4.79 Å². The van der Waals surface area contributed by atoms with Gasteiger partial charge in [0.25, 0.3) is 5.91 Å². The number of aromatic nitrogens is 1. The number of carbonyl (C=O) groups is 2. The Kier molecular flexibility index (Phi) is 7.14. The summed E-state index contributed by atoms with van der Waals surface area (Å²) in [5.41, 5.74) is 2.05. The number of rotatable bonds is 9. The fourth-order valence-corrected chi connectivity index (χ4v) is 2.29. The Morgan fingerprint density at radius 3 is 2.50 bits per heavy atom. The third kappa shape index (κ3) is 6.55. The van der Waals surface area contributed by atoms with Crippen LogP contribution in [0.5, 0.6) is 5.75 Å². The highest BCUT2D eigenvalue weighted by Crippen LogP contribution is 2.13. The quantitative estimate of drug-likeness (QED) is 0.748. The summed E-state index contributed by atoms with van der Waals surface area (Å²) in [7, 11) is 3.84. The fraction of sp³-hybridized carbons (Fsp3) is 0.350. The van der Waals surface area contributed by atoms with Crippen LogP contribution in [0.3, 0.4) is 0 Å². The highest BCUT2D eigenvalue weighted by Gasteiger charge is 2.05. The molecule has 1 N–H and O–H groups in total. The third-order valence-electron chi connectivity index (χ3n) is 3.82. The summed E-state index contributed by atoms with van der Waals surface area (Å²) < 4.78 is 5.50. The molecule has 2 rings (SSSR count). The first-order valence-corrected chi connectivity index (χ1v) is 8.54. The average Bonchev–Trinajstić information content (AvgIpc) is 2.64. The van der Waals surface area contributed by atoms with Crippen LogP contribution in [0.1, 0.15) is 24.5 Å². The van der Waals surface area contributed by atoms with Crippen molar-refractivity contribution < 1.29 is 14.3 Å². The molecule has 0 unspecified atom stereocenters. The second kappa shape index (κ2) is 9.56. The molecule has 1 heterocycles. The molecule has 26 heavy (non-hydrogen) atoms. The Bertz CT molecular complexity index is 742. The van der Waals surface area contributed by atoms with Gasteiger partial charge in [0.2, 0.25) is 0 Å². The number of benzene rings is 1. The number of carbonyl (C=O) groups excluding carboxylic acids is 2. The number of amides is 1. The number of anilines is 1. The molecule has 0 bridgehead atoms. The lowest BCUT2D eigenvalue weighted by molar-refractivity contribution is -0.123. The number of ether oxygens (including phenoxy) is 1. The smallest absolute Gasteiger partial charge is 0.258 e. The standard InChI is InChI=1S/C20H25N3O3/c1-15(24)4-5-16-6-8-18(9-7-16)26-14-20(25)22-13-17-10-11-21-19(12-17)23(2)3/h6-12H,4-5,13-14H2,1-3H3,(H,22,25). The van der Waals surface area contributed by atoms with Crippen LogP contribution in [0.15, 0.2) is 42.6 Å². The van der Waals surface area contributed by atoms with Crippen molar-refractivity contribution in [2.45, 2.75) is 26.3 Å². The van der Waals surface area contributed by atoms with Gasteiger partial charge in [0, 0.05) is 33.3 Å². The summed E-state index contributed by atoms with van der Waals surface area (Å²) in [5, 5.41) is 2.83. The topological polar surface area (TPSA) is 71.5 Å². The van der Waals surface area contributed by atoms with Crippen molar-refractivity contribution in [1.82, 2.24) is 10.3 Å². The van der Waals surface area contributed by atoms with Crippen molar-refractivity contribution in [3.05, 3.63) is 53.7 Å². The molecule has 6 heteroatoms. The SMILES string of the molecule is CC(=O)CCc1ccc(OCC(=O)NCc2ccnc(N(C)C)c2)cc1. The molecule has 138 valence electrons. The average molecular weight is 355 g/mol. The number of nitrogens with one attached hydrogen (secondary N) is 1. The first-order chi connectivity index (χ1) is 12.4. The summed E-state index contributed by atoms with van der Waals surface area (Å²) in [5.74, 6) is 1.46. The Hall–Kier alpha value is -2.89. The van der Waals surface area contributed by atoms with Gasteiger partial charge in [-0.15, -0.1) is 0 Å². The van der Waals surface area contributed by atoms with Crippen molar-refractivity contribution in [3.8, 4) is 5.75 Å². The molecule has 0 fully saturated rings. The van der Waals surface area contributed by atoms with Gasteiger partial charge in [0.05, 0.1) is 0 Å². The Labute approximate surface area is 154 Å². The number of aryl methyl sites for hydroxylation is 1. The lowest BCUT2D eigenvalue weighted by atomic mass is 10.1. The van der Waals surface area contributed by atoms with Crippen molar-refractivity contribution in [2.24, 2.45) is 0 Å². The minimum Gasteiger partial charge on any atom is -0.484 e. The number of pyridine rings is 1. The second-order valence-electron chi connectivity index (χ2n) is 6.33. The van der Waals surface area contributed by atoms with Crippen molar-refractivity contribution in [3.63, 3.8) is 0 Å². The van der Waals surface area contributed by atoms with Crippen molar-refractivity contribution in [2.75, 3.05) is 25.6 Å². The number of hydrogen-bond acceptors (Lipinski definition) is 5. The minimum atomic E-state index is -0.186. The molecule has 1 aromatic carbocycles. The van der Waals surface area contributed by atoms with E-state index in [-0.39, 0.29) is 18.3 Å². The predicted molar refractivity (Wildman–Crippen MR) is 101 cm³/mol. The van der Waals surface area contributed by atoms with Crippen LogP contribution in [0.25, 0.3) is 0 Å². The van der Waals surface area contributed by atoms with E-state index in [0.29, 0.717) is 18.7 Å². The van der Waals surface area contributed by atoms with Gasteiger partial charge in [-0.2, -0.15) is 0 Å². The van der Waals surface area contributed by atoms with Crippen LogP contribution in [-0.2, 0) is 22.6 Å². The summed E-state index contributed by atoms with van der Waals surface area (Å²) in [6.07, 6.45) is 2.98. The van der Waals surface area contributed by atoms with Gasteiger partial charge >= 0.3 is 0 Å². The molecule has 0 radical (unpaired) electrons. The molecule has 2 aromatic rings. The molecule has 0 spiro atoms. The molecule has 1 amide bonds. The van der Waals surface area contributed by atoms with E-state index in [1.807, 2.05) is 55.4 Å². The molecule has 0 saturated carbocycles. The summed E-state index contributed by atoms with van der Waals surface area (Å²) in [6.45, 7) is 1.97. The molecule has 1 aromatic heterocycles. The second-order valence-corrected chi connectivity index (χ2v) is 6.33. The highest BCUT2D eigenvalue weighted by molar-refractivity contribution is 5.77. The summed E-state index contributed by atoms with van der Waals surface area (Å²) in [6, 6.07) is 11.3. The van der Waals surface area contributed by atoms with Crippen molar-refractivity contribution in [1.29, 1.82) is 0 Å². The molecular formula is C20H25N3O3. The zero-order valence-electron chi connectivity index (χ0n) is 15.5. The number of nitrogens with zero attached hydrogens (tertiary/aromatic N) is 2. The Morgan fingerprint density at radius 2 is 1.85 bits per heavy atom. The fourth-order valence-electron chi connectivity index (χ4n) is 2.29. The van der Waals surface area contributed by atoms with E-state index < -0.39 is 0 Å². The molecular weight excluding hydrogens is 330 g/mol. The normalized spacial score (nSPS) is 10.3. The van der Waals surface area contributed by atoms with Crippen molar-refractivity contribution >= 4 is 17.5 Å². The van der Waals surface area contributed by atoms with Crippen LogP contribution in [0, 0.1) is 0 Å². The summed E-state index contributed by atoms with van der Waals surface area (Å²) >= 11 is 0. The van der Waals surface area contributed by atoms with Gasteiger partial charge in [-0.1, -0.05) is 12.1 Å². The van der Waals surface area contributed by atoms with E-state index in [9.17, 15) is 9.59 Å². The zero-order valence-corrected chi connectivity index (χ0v) is 15.5. The van der Waals surface area contributed by atoms with E-state index in [1.54, 1.807) is 13.1 Å². The summed E-state index contributed by atoms with van der Waals surface area (Å²) in [4.78, 5) is 29.1. The molecule has 0 aliphatic rings. The first kappa shape index (κ1) is 19.4. The number of ketones is 1. The largest absolute Gasteiger partial charge is 0.484 e. The monoisotopic (exact) mass is 355 g/mol. The van der Waals surface area contributed by atoms with Gasteiger partial charge in [0.15, 0.2) is 6.61 Å². The molecule has 0 aliphatic carbocycles. The van der Waals surface area contributed by atoms with Crippen LogP contribution < -0.4 is 15.0 Å². The third-order valence-corrected chi connectivity index (χ3v) is 3.82. The van der Waals surface area contributed by atoms with Crippen LogP contribution in [0.4, 0.5) is 5.82 Å². The Morgan fingerprint density at radius 1 is 1.12 bits per heavy atom. The van der Waals surface area contributed by atoms with Crippen LogP contribution in [-0.4, -0.2) is 37.4 Å². The van der Waals surface area contributed by atoms with E-state index in [4.69, 9.17) is 4.74 Å². The molecule has 6 nitrogen and oxygen atoms in total. The Balaban J connectivity index is 1.76. The van der Waals surface area contributed by atoms with E-state index >= 15 is 0 Å². The zero-order chi connectivity index (χ0) is 18.9. The minimum absolute atomic E-state index is 0.0432. The predicted octanol–water partition coefficient (Wildman–Crippen LogP) is 2.36. The van der Waals surface area contributed by atoms with E-state index in [2.05, 4.69) is 10.3 Å².